The van der Waals surface area contributed by atoms with Crippen LogP contribution in [0.2, 0.25) is 0 Å². The molecule has 1 aromatic heterocycles. The SMILES string of the molecule is CC(C)(C)c1cc(=S)nc(CCl)[nH]1. The normalized spacial score (nSPS) is 11.7. The van der Waals surface area contributed by atoms with Crippen molar-refractivity contribution in [2.45, 2.75) is 32.1 Å². The number of nitrogens with one attached hydrogen (secondary N) is 1. The molecule has 0 aliphatic carbocycles. The summed E-state index contributed by atoms with van der Waals surface area (Å²) >= 11 is 10.7. The van der Waals surface area contributed by atoms with Gasteiger partial charge in [0.15, 0.2) is 0 Å². The second kappa shape index (κ2) is 3.76. The molecule has 4 heteroatoms. The van der Waals surface area contributed by atoms with E-state index in [9.17, 15) is 0 Å². The van der Waals surface area contributed by atoms with Crippen LogP contribution >= 0.6 is 23.8 Å². The third-order valence-corrected chi connectivity index (χ3v) is 2.19. The van der Waals surface area contributed by atoms with E-state index in [1.54, 1.807) is 0 Å². The molecule has 0 amide bonds. The fraction of sp³-hybridized carbons (Fsp3) is 0.556. The Morgan fingerprint density at radius 3 is 2.62 bits per heavy atom. The first-order chi connectivity index (χ1) is 5.93. The number of hydrogen-bond acceptors (Lipinski definition) is 2. The maximum absolute atomic E-state index is 5.68. The van der Waals surface area contributed by atoms with Gasteiger partial charge in [0.05, 0.1) is 5.88 Å². The van der Waals surface area contributed by atoms with Crippen LogP contribution in [0.5, 0.6) is 0 Å². The van der Waals surface area contributed by atoms with Gasteiger partial charge in [0.1, 0.15) is 10.5 Å². The molecule has 0 bridgehead atoms. The summed E-state index contributed by atoms with van der Waals surface area (Å²) in [4.78, 5) is 7.26. The summed E-state index contributed by atoms with van der Waals surface area (Å²) in [6.45, 7) is 6.35. The van der Waals surface area contributed by atoms with Gasteiger partial charge in [0.2, 0.25) is 0 Å². The first-order valence-corrected chi connectivity index (χ1v) is 5.04. The van der Waals surface area contributed by atoms with Gasteiger partial charge < -0.3 is 4.98 Å². The summed E-state index contributed by atoms with van der Waals surface area (Å²) in [6, 6.07) is 1.88. The Labute approximate surface area is 88.4 Å². The number of nitrogens with zero attached hydrogens (tertiary/aromatic N) is 1. The molecular weight excluding hydrogens is 204 g/mol. The number of halogens is 1. The molecule has 0 aliphatic heterocycles. The van der Waals surface area contributed by atoms with Crippen molar-refractivity contribution in [3.8, 4) is 0 Å². The van der Waals surface area contributed by atoms with E-state index >= 15 is 0 Å². The molecule has 0 radical (unpaired) electrons. The van der Waals surface area contributed by atoms with E-state index in [1.807, 2.05) is 6.07 Å². The van der Waals surface area contributed by atoms with E-state index in [4.69, 9.17) is 23.8 Å². The molecule has 0 spiro atoms. The number of aromatic amines is 1. The molecule has 1 rings (SSSR count). The minimum atomic E-state index is 0.0529. The van der Waals surface area contributed by atoms with Gasteiger partial charge in [-0.15, -0.1) is 11.6 Å². The van der Waals surface area contributed by atoms with Gasteiger partial charge in [-0.05, 0) is 6.07 Å². The summed E-state index contributed by atoms with van der Waals surface area (Å²) in [7, 11) is 0. The molecule has 0 atom stereocenters. The average molecular weight is 217 g/mol. The van der Waals surface area contributed by atoms with E-state index in [0.717, 1.165) is 11.5 Å². The molecule has 72 valence electrons. The molecule has 1 N–H and O–H groups in total. The summed E-state index contributed by atoms with van der Waals surface area (Å²) in [5.41, 5.74) is 1.13. The summed E-state index contributed by atoms with van der Waals surface area (Å²) in [6.07, 6.45) is 0. The zero-order valence-electron chi connectivity index (χ0n) is 8.02. The average Bonchev–Trinajstić information content (AvgIpc) is 2.01. The second-order valence-corrected chi connectivity index (χ2v) is 4.65. The zero-order chi connectivity index (χ0) is 10.1. The van der Waals surface area contributed by atoms with Gasteiger partial charge in [0.25, 0.3) is 0 Å². The lowest BCUT2D eigenvalue weighted by Crippen LogP contribution is -2.15. The Kier molecular flexibility index (Phi) is 3.09. The topological polar surface area (TPSA) is 28.7 Å². The molecule has 13 heavy (non-hydrogen) atoms. The molecule has 0 aliphatic rings. The molecule has 0 aromatic carbocycles. The van der Waals surface area contributed by atoms with Crippen molar-refractivity contribution < 1.29 is 0 Å². The highest BCUT2D eigenvalue weighted by atomic mass is 35.5. The maximum Gasteiger partial charge on any atom is 0.130 e. The van der Waals surface area contributed by atoms with Gasteiger partial charge >= 0.3 is 0 Å². The summed E-state index contributed by atoms with van der Waals surface area (Å²) in [5.74, 6) is 1.10. The minimum absolute atomic E-state index is 0.0529. The van der Waals surface area contributed by atoms with Gasteiger partial charge in [-0.3, -0.25) is 0 Å². The van der Waals surface area contributed by atoms with Crippen LogP contribution in [-0.4, -0.2) is 9.97 Å². The molecule has 1 aromatic rings. The lowest BCUT2D eigenvalue weighted by atomic mass is 9.92. The number of alkyl halides is 1. The van der Waals surface area contributed by atoms with E-state index in [-0.39, 0.29) is 5.41 Å². The predicted molar refractivity (Wildman–Crippen MR) is 57.7 cm³/mol. The van der Waals surface area contributed by atoms with Crippen LogP contribution in [0.1, 0.15) is 32.3 Å². The standard InChI is InChI=1S/C9H13ClN2S/c1-9(2,3)6-4-8(13)12-7(5-10)11-6/h4H,5H2,1-3H3,(H,11,12,13). The third-order valence-electron chi connectivity index (χ3n) is 1.73. The van der Waals surface area contributed by atoms with Crippen molar-refractivity contribution in [3.63, 3.8) is 0 Å². The molecule has 1 heterocycles. The van der Waals surface area contributed by atoms with Crippen LogP contribution in [0.25, 0.3) is 0 Å². The molecular formula is C9H13ClN2S. The van der Waals surface area contributed by atoms with Gasteiger partial charge in [0, 0.05) is 11.1 Å². The van der Waals surface area contributed by atoms with Crippen LogP contribution in [-0.2, 0) is 11.3 Å². The lowest BCUT2D eigenvalue weighted by molar-refractivity contribution is 0.563. The number of rotatable bonds is 1. The molecule has 0 saturated carbocycles. The Morgan fingerprint density at radius 1 is 1.54 bits per heavy atom. The number of hydrogen-bond donors (Lipinski definition) is 1. The van der Waals surface area contributed by atoms with Crippen molar-refractivity contribution in [1.82, 2.24) is 9.97 Å². The van der Waals surface area contributed by atoms with Gasteiger partial charge in [-0.2, -0.15) is 0 Å². The Morgan fingerprint density at radius 2 is 2.15 bits per heavy atom. The Bertz CT molecular complexity index is 351. The van der Waals surface area contributed by atoms with Crippen LogP contribution in [0.4, 0.5) is 0 Å². The maximum atomic E-state index is 5.68. The molecule has 0 fully saturated rings. The molecule has 0 unspecified atom stereocenters. The van der Waals surface area contributed by atoms with E-state index in [2.05, 4.69) is 30.7 Å². The van der Waals surface area contributed by atoms with E-state index < -0.39 is 0 Å². The quantitative estimate of drug-likeness (QED) is 0.577. The summed E-state index contributed by atoms with van der Waals surface area (Å²) < 4.78 is 0.597. The van der Waals surface area contributed by atoms with Crippen LogP contribution in [0.15, 0.2) is 6.07 Å². The minimum Gasteiger partial charge on any atom is -0.346 e. The lowest BCUT2D eigenvalue weighted by Gasteiger charge is -2.18. The van der Waals surface area contributed by atoms with Crippen LogP contribution in [0.3, 0.4) is 0 Å². The summed E-state index contributed by atoms with van der Waals surface area (Å²) in [5, 5.41) is 0. The van der Waals surface area contributed by atoms with Crippen LogP contribution < -0.4 is 0 Å². The number of aromatic nitrogens is 2. The fourth-order valence-corrected chi connectivity index (χ4v) is 1.33. The Balaban J connectivity index is 3.24. The van der Waals surface area contributed by atoms with Crippen molar-refractivity contribution in [2.24, 2.45) is 0 Å². The van der Waals surface area contributed by atoms with E-state index in [1.165, 1.54) is 0 Å². The first-order valence-electron chi connectivity index (χ1n) is 4.10. The second-order valence-electron chi connectivity index (χ2n) is 3.96. The monoisotopic (exact) mass is 216 g/mol. The van der Waals surface area contributed by atoms with Crippen molar-refractivity contribution in [3.05, 3.63) is 22.2 Å². The highest BCUT2D eigenvalue weighted by Gasteiger charge is 2.14. The van der Waals surface area contributed by atoms with Gasteiger partial charge in [-0.1, -0.05) is 33.0 Å². The van der Waals surface area contributed by atoms with Gasteiger partial charge in [-0.25, -0.2) is 4.98 Å². The Hall–Kier alpha value is -0.410. The highest BCUT2D eigenvalue weighted by Crippen LogP contribution is 2.19. The highest BCUT2D eigenvalue weighted by molar-refractivity contribution is 7.71. The largest absolute Gasteiger partial charge is 0.346 e. The third kappa shape index (κ3) is 2.78. The van der Waals surface area contributed by atoms with Crippen molar-refractivity contribution >= 4 is 23.8 Å². The fourth-order valence-electron chi connectivity index (χ4n) is 0.976. The number of H-pyrrole nitrogens is 1. The molecule has 0 saturated heterocycles. The van der Waals surface area contributed by atoms with Crippen LogP contribution in [0, 0.1) is 4.64 Å². The van der Waals surface area contributed by atoms with Crippen molar-refractivity contribution in [2.75, 3.05) is 0 Å². The predicted octanol–water partition coefficient (Wildman–Crippen LogP) is 3.18. The zero-order valence-corrected chi connectivity index (χ0v) is 9.59. The first kappa shape index (κ1) is 10.7. The van der Waals surface area contributed by atoms with Crippen molar-refractivity contribution in [1.29, 1.82) is 0 Å². The smallest absolute Gasteiger partial charge is 0.130 e. The van der Waals surface area contributed by atoms with E-state index in [0.29, 0.717) is 10.5 Å². The molecule has 2 nitrogen and oxygen atoms in total.